The number of rotatable bonds is 20. The first-order valence-electron chi connectivity index (χ1n) is 14.5. The van der Waals surface area contributed by atoms with Crippen LogP contribution in [0.4, 0.5) is 0 Å². The molecule has 2 aromatic carbocycles. The lowest BCUT2D eigenvalue weighted by Gasteiger charge is -2.25. The molecule has 4 heteroatoms. The zero-order chi connectivity index (χ0) is 27.7. The van der Waals surface area contributed by atoms with Crippen LogP contribution in [-0.4, -0.2) is 22.2 Å². The molecule has 2 rings (SSSR count). The molecule has 2 N–H and O–H groups in total. The Bertz CT molecular complexity index is 889. The molecule has 0 amide bonds. The topological polar surface area (TPSA) is 74.6 Å². The molecule has 0 spiro atoms. The molecule has 2 atom stereocenters. The van der Waals surface area contributed by atoms with Gasteiger partial charge in [-0.15, -0.1) is 0 Å². The van der Waals surface area contributed by atoms with Crippen molar-refractivity contribution in [1.82, 2.24) is 0 Å². The molecule has 0 aliphatic heterocycles. The highest BCUT2D eigenvalue weighted by atomic mass is 16.4. The number of carboxylic acids is 2. The van der Waals surface area contributed by atoms with Crippen molar-refractivity contribution in [3.8, 4) is 0 Å². The van der Waals surface area contributed by atoms with Gasteiger partial charge in [0.05, 0.1) is 10.8 Å². The van der Waals surface area contributed by atoms with E-state index >= 15 is 0 Å². The molecule has 0 fully saturated rings. The average Bonchev–Trinajstić information content (AvgIpc) is 2.93. The second-order valence-corrected chi connectivity index (χ2v) is 11.1. The number of benzene rings is 2. The summed E-state index contributed by atoms with van der Waals surface area (Å²) in [5.41, 5.74) is 0.180. The standard InChI is InChI=1S/C34H48O4/c1-33(31(35)36,29-23-17-15-18-24-29)27-21-13-11-9-7-5-3-4-6-8-10-12-14-22-28-34(2,32(37)38)30-25-19-16-20-26-30/h3-4,15-20,23-26H,5-14,21-22,27-28H2,1-2H3,(H,35,36)(H,37,38)/b4-3-. The maximum absolute atomic E-state index is 11.9. The molecule has 208 valence electrons. The number of allylic oxidation sites excluding steroid dienone is 2. The number of hydrogen-bond donors (Lipinski definition) is 2. The summed E-state index contributed by atoms with van der Waals surface area (Å²) in [4.78, 5) is 23.8. The Hall–Kier alpha value is -2.88. The van der Waals surface area contributed by atoms with Crippen LogP contribution in [0.1, 0.15) is 115 Å². The van der Waals surface area contributed by atoms with Gasteiger partial charge in [-0.25, -0.2) is 0 Å². The summed E-state index contributed by atoms with van der Waals surface area (Å²) in [5.74, 6) is -1.48. The first-order chi connectivity index (χ1) is 18.3. The SMILES string of the molecule is CC(CCCCCCC/C=C\CCCCCCCC(C)(C(=O)O)c1ccccc1)(C(=O)O)c1ccccc1. The van der Waals surface area contributed by atoms with E-state index in [0.29, 0.717) is 12.8 Å². The zero-order valence-corrected chi connectivity index (χ0v) is 23.5. The van der Waals surface area contributed by atoms with Gasteiger partial charge in [0.1, 0.15) is 0 Å². The zero-order valence-electron chi connectivity index (χ0n) is 23.5. The molecule has 0 radical (unpaired) electrons. The molecular formula is C34H48O4. The smallest absolute Gasteiger partial charge is 0.313 e. The minimum Gasteiger partial charge on any atom is -0.481 e. The highest BCUT2D eigenvalue weighted by Crippen LogP contribution is 2.31. The number of aliphatic carboxylic acids is 2. The molecular weight excluding hydrogens is 472 g/mol. The van der Waals surface area contributed by atoms with E-state index in [9.17, 15) is 19.8 Å². The minimum atomic E-state index is -0.800. The van der Waals surface area contributed by atoms with E-state index in [4.69, 9.17) is 0 Å². The van der Waals surface area contributed by atoms with Crippen molar-refractivity contribution in [2.45, 2.75) is 115 Å². The number of unbranched alkanes of at least 4 members (excludes halogenated alkanes) is 10. The fourth-order valence-electron chi connectivity index (χ4n) is 5.14. The van der Waals surface area contributed by atoms with Gasteiger partial charge in [0.2, 0.25) is 0 Å². The molecule has 0 heterocycles. The Kier molecular flexibility index (Phi) is 13.9. The monoisotopic (exact) mass is 520 g/mol. The van der Waals surface area contributed by atoms with E-state index in [2.05, 4.69) is 12.2 Å². The van der Waals surface area contributed by atoms with Gasteiger partial charge in [0.15, 0.2) is 0 Å². The van der Waals surface area contributed by atoms with Gasteiger partial charge in [-0.2, -0.15) is 0 Å². The third-order valence-corrected chi connectivity index (χ3v) is 8.03. The molecule has 4 nitrogen and oxygen atoms in total. The van der Waals surface area contributed by atoms with Crippen molar-refractivity contribution in [1.29, 1.82) is 0 Å². The van der Waals surface area contributed by atoms with Crippen molar-refractivity contribution in [2.75, 3.05) is 0 Å². The van der Waals surface area contributed by atoms with Crippen LogP contribution in [0, 0.1) is 0 Å². The van der Waals surface area contributed by atoms with Gasteiger partial charge in [-0.3, -0.25) is 9.59 Å². The first-order valence-corrected chi connectivity index (χ1v) is 14.5. The summed E-state index contributed by atoms with van der Waals surface area (Å²) < 4.78 is 0. The predicted molar refractivity (Wildman–Crippen MR) is 157 cm³/mol. The lowest BCUT2D eigenvalue weighted by molar-refractivity contribution is -0.144. The maximum atomic E-state index is 11.9. The van der Waals surface area contributed by atoms with Gasteiger partial charge in [0.25, 0.3) is 0 Å². The van der Waals surface area contributed by atoms with Crippen LogP contribution in [0.3, 0.4) is 0 Å². The molecule has 0 aliphatic rings. The van der Waals surface area contributed by atoms with Crippen LogP contribution < -0.4 is 0 Å². The van der Waals surface area contributed by atoms with Crippen LogP contribution in [0.2, 0.25) is 0 Å². The molecule has 0 aliphatic carbocycles. The van der Waals surface area contributed by atoms with Crippen molar-refractivity contribution < 1.29 is 19.8 Å². The summed E-state index contributed by atoms with van der Waals surface area (Å²) in [6.07, 6.45) is 19.3. The van der Waals surface area contributed by atoms with Crippen LogP contribution in [0.25, 0.3) is 0 Å². The molecule has 0 saturated carbocycles. The average molecular weight is 521 g/mol. The van der Waals surface area contributed by atoms with E-state index in [1.165, 1.54) is 25.7 Å². The predicted octanol–water partition coefficient (Wildman–Crippen LogP) is 9.09. The number of hydrogen-bond acceptors (Lipinski definition) is 2. The van der Waals surface area contributed by atoms with E-state index in [-0.39, 0.29) is 0 Å². The third kappa shape index (κ3) is 10.1. The van der Waals surface area contributed by atoms with E-state index in [1.807, 2.05) is 74.5 Å². The lowest BCUT2D eigenvalue weighted by Crippen LogP contribution is -2.32. The summed E-state index contributed by atoms with van der Waals surface area (Å²) in [6, 6.07) is 19.2. The third-order valence-electron chi connectivity index (χ3n) is 8.03. The Morgan fingerprint density at radius 2 is 0.868 bits per heavy atom. The fourth-order valence-corrected chi connectivity index (χ4v) is 5.14. The number of carbonyl (C=O) groups is 2. The minimum absolute atomic E-state index is 0.679. The highest BCUT2D eigenvalue weighted by molar-refractivity contribution is 5.81. The first kappa shape index (κ1) is 31.3. The summed E-state index contributed by atoms with van der Waals surface area (Å²) in [7, 11) is 0. The second kappa shape index (κ2) is 16.9. The van der Waals surface area contributed by atoms with E-state index in [1.54, 1.807) is 0 Å². The summed E-state index contributed by atoms with van der Waals surface area (Å²) in [5, 5.41) is 19.5. The Morgan fingerprint density at radius 3 is 1.21 bits per heavy atom. The summed E-state index contributed by atoms with van der Waals surface area (Å²) in [6.45, 7) is 3.69. The fraction of sp³-hybridized carbons (Fsp3) is 0.529. The molecule has 0 bridgehead atoms. The van der Waals surface area contributed by atoms with Gasteiger partial charge >= 0.3 is 11.9 Å². The largest absolute Gasteiger partial charge is 0.481 e. The molecule has 2 unspecified atom stereocenters. The Labute approximate surface area is 230 Å². The highest BCUT2D eigenvalue weighted by Gasteiger charge is 2.35. The van der Waals surface area contributed by atoms with E-state index in [0.717, 1.165) is 62.5 Å². The molecule has 0 saturated heterocycles. The van der Waals surface area contributed by atoms with Gasteiger partial charge < -0.3 is 10.2 Å². The van der Waals surface area contributed by atoms with Crippen LogP contribution >= 0.6 is 0 Å². The lowest BCUT2D eigenvalue weighted by atomic mass is 9.78. The van der Waals surface area contributed by atoms with Gasteiger partial charge in [-0.05, 0) is 63.5 Å². The normalized spacial score (nSPS) is 14.7. The number of carboxylic acid groups (broad SMARTS) is 2. The van der Waals surface area contributed by atoms with Crippen LogP contribution in [0.15, 0.2) is 72.8 Å². The maximum Gasteiger partial charge on any atom is 0.313 e. The molecule has 38 heavy (non-hydrogen) atoms. The van der Waals surface area contributed by atoms with Crippen molar-refractivity contribution in [3.63, 3.8) is 0 Å². The Balaban J connectivity index is 1.47. The van der Waals surface area contributed by atoms with Gasteiger partial charge in [0, 0.05) is 0 Å². The van der Waals surface area contributed by atoms with E-state index < -0.39 is 22.8 Å². The second-order valence-electron chi connectivity index (χ2n) is 11.1. The molecule has 2 aromatic rings. The van der Waals surface area contributed by atoms with Crippen molar-refractivity contribution >= 4 is 11.9 Å². The molecule has 0 aromatic heterocycles. The quantitative estimate of drug-likeness (QED) is 0.135. The van der Waals surface area contributed by atoms with Crippen LogP contribution in [-0.2, 0) is 20.4 Å². The van der Waals surface area contributed by atoms with Gasteiger partial charge in [-0.1, -0.05) is 124 Å². The van der Waals surface area contributed by atoms with Crippen molar-refractivity contribution in [3.05, 3.63) is 83.9 Å². The van der Waals surface area contributed by atoms with Crippen molar-refractivity contribution in [2.24, 2.45) is 0 Å². The summed E-state index contributed by atoms with van der Waals surface area (Å²) >= 11 is 0. The van der Waals surface area contributed by atoms with Crippen LogP contribution in [0.5, 0.6) is 0 Å². The Morgan fingerprint density at radius 1 is 0.553 bits per heavy atom.